The van der Waals surface area contributed by atoms with Crippen molar-refractivity contribution in [1.82, 2.24) is 4.72 Å². The van der Waals surface area contributed by atoms with Crippen LogP contribution >= 0.6 is 0 Å². The topological polar surface area (TPSA) is 66.4 Å². The molecule has 0 aliphatic heterocycles. The normalized spacial score (nSPS) is 21.1. The maximum atomic E-state index is 12.4. The number of aliphatic hydroxyl groups excluding tert-OH is 1. The molecule has 1 saturated carbocycles. The Hall–Kier alpha value is -1.35. The molecule has 1 fully saturated rings. The molecule has 0 bridgehead atoms. The molecule has 0 heterocycles. The molecule has 108 valence electrons. The zero-order chi connectivity index (χ0) is 14.8. The molecule has 1 aromatic rings. The second-order valence-electron chi connectivity index (χ2n) is 5.07. The summed E-state index contributed by atoms with van der Waals surface area (Å²) in [5.41, 5.74) is 1.29. The third-order valence-corrected chi connectivity index (χ3v) is 5.17. The minimum atomic E-state index is -3.50. The molecule has 5 heteroatoms. The van der Waals surface area contributed by atoms with Gasteiger partial charge in [0.25, 0.3) is 0 Å². The van der Waals surface area contributed by atoms with E-state index in [1.54, 1.807) is 25.1 Å². The second kappa shape index (κ2) is 5.96. The Morgan fingerprint density at radius 1 is 1.45 bits per heavy atom. The van der Waals surface area contributed by atoms with Crippen molar-refractivity contribution in [3.8, 4) is 11.8 Å². The summed E-state index contributed by atoms with van der Waals surface area (Å²) in [6.07, 6.45) is 1.91. The van der Waals surface area contributed by atoms with E-state index in [4.69, 9.17) is 5.11 Å². The number of hydrogen-bond acceptors (Lipinski definition) is 3. The summed E-state index contributed by atoms with van der Waals surface area (Å²) >= 11 is 0. The average Bonchev–Trinajstić information content (AvgIpc) is 3.15. The molecule has 0 saturated heterocycles. The minimum Gasteiger partial charge on any atom is -0.384 e. The maximum Gasteiger partial charge on any atom is 0.241 e. The molecule has 0 aromatic heterocycles. The second-order valence-corrected chi connectivity index (χ2v) is 6.75. The highest BCUT2D eigenvalue weighted by atomic mass is 32.2. The lowest BCUT2D eigenvalue weighted by molar-refractivity contribution is 0.350. The summed E-state index contributed by atoms with van der Waals surface area (Å²) in [6, 6.07) is 5.11. The van der Waals surface area contributed by atoms with Crippen molar-refractivity contribution < 1.29 is 13.5 Å². The third kappa shape index (κ3) is 3.40. The van der Waals surface area contributed by atoms with Crippen molar-refractivity contribution in [2.45, 2.75) is 37.6 Å². The van der Waals surface area contributed by atoms with E-state index in [-0.39, 0.29) is 17.5 Å². The predicted molar refractivity (Wildman–Crippen MR) is 77.7 cm³/mol. The van der Waals surface area contributed by atoms with Crippen LogP contribution in [0.25, 0.3) is 0 Å². The third-order valence-electron chi connectivity index (χ3n) is 3.54. The highest BCUT2D eigenvalue weighted by Gasteiger charge is 2.38. The van der Waals surface area contributed by atoms with E-state index in [1.807, 2.05) is 0 Å². The summed E-state index contributed by atoms with van der Waals surface area (Å²) < 4.78 is 27.5. The van der Waals surface area contributed by atoms with Crippen LogP contribution < -0.4 is 4.72 Å². The van der Waals surface area contributed by atoms with Crippen LogP contribution in [0.4, 0.5) is 0 Å². The number of rotatable bonds is 4. The molecule has 0 amide bonds. The van der Waals surface area contributed by atoms with E-state index >= 15 is 0 Å². The van der Waals surface area contributed by atoms with Crippen molar-refractivity contribution in [2.24, 2.45) is 5.92 Å². The molecular formula is C15H19NO3S. The molecular weight excluding hydrogens is 274 g/mol. The Kier molecular flexibility index (Phi) is 4.48. The van der Waals surface area contributed by atoms with Crippen molar-refractivity contribution in [3.63, 3.8) is 0 Å². The number of hydrogen-bond donors (Lipinski definition) is 2. The fraction of sp³-hybridized carbons (Fsp3) is 0.467. The van der Waals surface area contributed by atoms with E-state index in [9.17, 15) is 8.42 Å². The Morgan fingerprint density at radius 3 is 2.80 bits per heavy atom. The smallest absolute Gasteiger partial charge is 0.241 e. The number of aryl methyl sites for hydroxylation is 1. The molecule has 2 unspecified atom stereocenters. The molecule has 0 spiro atoms. The average molecular weight is 293 g/mol. The SMILES string of the molecule is CCC1CC1NS(=O)(=O)c1cc(C#CCO)ccc1C. The van der Waals surface area contributed by atoms with Crippen LogP contribution in [0.3, 0.4) is 0 Å². The Labute approximate surface area is 120 Å². The van der Waals surface area contributed by atoms with Crippen LogP contribution in [0.2, 0.25) is 0 Å². The van der Waals surface area contributed by atoms with Crippen LogP contribution in [0.15, 0.2) is 23.1 Å². The minimum absolute atomic E-state index is 0.0663. The summed E-state index contributed by atoms with van der Waals surface area (Å²) in [4.78, 5) is 0.268. The van der Waals surface area contributed by atoms with Gasteiger partial charge in [0, 0.05) is 11.6 Å². The molecule has 2 rings (SSSR count). The molecule has 2 atom stereocenters. The first-order valence-corrected chi connectivity index (χ1v) is 8.19. The van der Waals surface area contributed by atoms with Gasteiger partial charge in [-0.15, -0.1) is 0 Å². The van der Waals surface area contributed by atoms with Crippen LogP contribution in [0.1, 0.15) is 30.9 Å². The Balaban J connectivity index is 2.26. The van der Waals surface area contributed by atoms with Gasteiger partial charge >= 0.3 is 0 Å². The first-order valence-electron chi connectivity index (χ1n) is 6.70. The van der Waals surface area contributed by atoms with E-state index < -0.39 is 10.0 Å². The quantitative estimate of drug-likeness (QED) is 0.825. The fourth-order valence-corrected chi connectivity index (χ4v) is 3.80. The monoisotopic (exact) mass is 293 g/mol. The zero-order valence-corrected chi connectivity index (χ0v) is 12.5. The van der Waals surface area contributed by atoms with Crippen molar-refractivity contribution in [2.75, 3.05) is 6.61 Å². The van der Waals surface area contributed by atoms with Gasteiger partial charge in [-0.05, 0) is 37.0 Å². The lowest BCUT2D eigenvalue weighted by Crippen LogP contribution is -2.27. The van der Waals surface area contributed by atoms with Gasteiger partial charge in [0.05, 0.1) is 4.90 Å². The molecule has 0 radical (unpaired) electrons. The summed E-state index contributed by atoms with van der Waals surface area (Å²) in [7, 11) is -3.50. The van der Waals surface area contributed by atoms with Gasteiger partial charge in [0.2, 0.25) is 10.0 Å². The van der Waals surface area contributed by atoms with Crippen LogP contribution in [0, 0.1) is 24.7 Å². The standard InChI is InChI=1S/C15H19NO3S/c1-3-13-10-14(13)16-20(18,19)15-9-12(5-4-8-17)7-6-11(15)2/h6-7,9,13-14,16-17H,3,8,10H2,1-2H3. The van der Waals surface area contributed by atoms with Gasteiger partial charge in [-0.3, -0.25) is 0 Å². The lowest BCUT2D eigenvalue weighted by Gasteiger charge is -2.09. The van der Waals surface area contributed by atoms with Crippen molar-refractivity contribution >= 4 is 10.0 Å². The summed E-state index contributed by atoms with van der Waals surface area (Å²) in [5, 5.41) is 8.69. The van der Waals surface area contributed by atoms with Gasteiger partial charge in [-0.2, -0.15) is 0 Å². The van der Waals surface area contributed by atoms with E-state index in [0.717, 1.165) is 12.8 Å². The number of sulfonamides is 1. The zero-order valence-electron chi connectivity index (χ0n) is 11.7. The molecule has 1 aliphatic carbocycles. The first kappa shape index (κ1) is 15.0. The number of nitrogens with one attached hydrogen (secondary N) is 1. The van der Waals surface area contributed by atoms with Gasteiger partial charge < -0.3 is 5.11 Å². The van der Waals surface area contributed by atoms with E-state index in [1.165, 1.54) is 0 Å². The van der Waals surface area contributed by atoms with E-state index in [2.05, 4.69) is 23.5 Å². The summed E-state index contributed by atoms with van der Waals surface area (Å²) in [6.45, 7) is 3.59. The van der Waals surface area contributed by atoms with Crippen molar-refractivity contribution in [3.05, 3.63) is 29.3 Å². The van der Waals surface area contributed by atoms with Crippen molar-refractivity contribution in [1.29, 1.82) is 0 Å². The molecule has 2 N–H and O–H groups in total. The van der Waals surface area contributed by atoms with Gasteiger partial charge in [0.15, 0.2) is 0 Å². The molecule has 20 heavy (non-hydrogen) atoms. The van der Waals surface area contributed by atoms with Gasteiger partial charge in [-0.25, -0.2) is 13.1 Å². The van der Waals surface area contributed by atoms with Gasteiger partial charge in [-0.1, -0.05) is 31.3 Å². The van der Waals surface area contributed by atoms with Crippen LogP contribution in [-0.2, 0) is 10.0 Å². The Bertz CT molecular complexity index is 655. The van der Waals surface area contributed by atoms with E-state index in [0.29, 0.717) is 17.0 Å². The van der Waals surface area contributed by atoms with Crippen LogP contribution in [-0.4, -0.2) is 26.2 Å². The highest BCUT2D eigenvalue weighted by molar-refractivity contribution is 7.89. The predicted octanol–water partition coefficient (Wildman–Crippen LogP) is 1.42. The molecule has 1 aromatic carbocycles. The largest absolute Gasteiger partial charge is 0.384 e. The molecule has 1 aliphatic rings. The summed E-state index contributed by atoms with van der Waals surface area (Å²) in [5.74, 6) is 5.71. The Morgan fingerprint density at radius 2 is 2.20 bits per heavy atom. The lowest BCUT2D eigenvalue weighted by atomic mass is 10.1. The first-order chi connectivity index (χ1) is 9.47. The van der Waals surface area contributed by atoms with Gasteiger partial charge in [0.1, 0.15) is 6.61 Å². The molecule has 4 nitrogen and oxygen atoms in total. The maximum absolute atomic E-state index is 12.4. The van der Waals surface area contributed by atoms with Crippen LogP contribution in [0.5, 0.6) is 0 Å². The fourth-order valence-electron chi connectivity index (χ4n) is 2.21. The number of benzene rings is 1. The highest BCUT2D eigenvalue weighted by Crippen LogP contribution is 2.34. The number of aliphatic hydroxyl groups is 1.